The molecule has 1 unspecified atom stereocenters. The summed E-state index contributed by atoms with van der Waals surface area (Å²) in [6.07, 6.45) is 5.27. The number of fused-ring (bicyclic) bond motifs is 1. The van der Waals surface area contributed by atoms with E-state index in [1.807, 2.05) is 31.2 Å². The van der Waals surface area contributed by atoms with Crippen LogP contribution in [0, 0.1) is 5.41 Å². The van der Waals surface area contributed by atoms with Crippen molar-refractivity contribution in [3.05, 3.63) is 53.4 Å². The van der Waals surface area contributed by atoms with Gasteiger partial charge in [0.05, 0.1) is 32.3 Å². The summed E-state index contributed by atoms with van der Waals surface area (Å²) < 4.78 is 18.2. The minimum Gasteiger partial charge on any atom is -0.495 e. The maximum absolute atomic E-state index is 11.2. The van der Waals surface area contributed by atoms with Crippen molar-refractivity contribution in [2.75, 3.05) is 26.3 Å². The molecule has 1 aromatic rings. The minimum atomic E-state index is -0.0270. The third-order valence-electron chi connectivity index (χ3n) is 5.81. The molecule has 0 saturated carbocycles. The molecule has 4 rings (SSSR count). The molecule has 3 aliphatic rings. The molecule has 0 bridgehead atoms. The second-order valence-corrected chi connectivity index (χ2v) is 9.32. The van der Waals surface area contributed by atoms with Crippen molar-refractivity contribution >= 4 is 5.91 Å². The Bertz CT molecular complexity index is 837. The van der Waals surface area contributed by atoms with Gasteiger partial charge in [0.25, 0.3) is 0 Å². The molecule has 0 aromatic heterocycles. The van der Waals surface area contributed by atoms with Crippen LogP contribution >= 0.6 is 0 Å². The fourth-order valence-electron chi connectivity index (χ4n) is 3.97. The highest BCUT2D eigenvalue weighted by Crippen LogP contribution is 2.33. The van der Waals surface area contributed by atoms with Gasteiger partial charge in [-0.05, 0) is 36.8 Å². The highest BCUT2D eigenvalue weighted by molar-refractivity contribution is 5.73. The van der Waals surface area contributed by atoms with Crippen LogP contribution in [0.1, 0.15) is 45.7 Å². The number of amides is 1. The fourth-order valence-corrected chi connectivity index (χ4v) is 3.97. The molecule has 2 atom stereocenters. The van der Waals surface area contributed by atoms with Gasteiger partial charge in [-0.2, -0.15) is 0 Å². The molecule has 6 heteroatoms. The van der Waals surface area contributed by atoms with Gasteiger partial charge < -0.3 is 24.4 Å². The predicted molar refractivity (Wildman–Crippen MR) is 115 cm³/mol. The van der Waals surface area contributed by atoms with E-state index < -0.39 is 0 Å². The number of carbonyl (C=O) groups excluding carboxylic acids is 1. The first-order valence-electron chi connectivity index (χ1n) is 10.7. The highest BCUT2D eigenvalue weighted by atomic mass is 16.5. The van der Waals surface area contributed by atoms with Gasteiger partial charge in [-0.25, -0.2) is 0 Å². The Morgan fingerprint density at radius 3 is 2.63 bits per heavy atom. The molecule has 1 aliphatic carbocycles. The smallest absolute Gasteiger partial charge is 0.217 e. The summed E-state index contributed by atoms with van der Waals surface area (Å²) in [7, 11) is 0. The van der Waals surface area contributed by atoms with E-state index in [0.717, 1.165) is 36.6 Å². The van der Waals surface area contributed by atoms with Gasteiger partial charge in [0.15, 0.2) is 0 Å². The molecule has 2 aliphatic heterocycles. The lowest BCUT2D eigenvalue weighted by molar-refractivity contribution is -0.119. The number of allylic oxidation sites excluding steroid dienone is 2. The van der Waals surface area contributed by atoms with Crippen LogP contribution in [-0.2, 0) is 14.3 Å². The van der Waals surface area contributed by atoms with Crippen LogP contribution in [0.25, 0.3) is 0 Å². The normalized spacial score (nSPS) is 24.3. The van der Waals surface area contributed by atoms with Crippen molar-refractivity contribution in [3.63, 3.8) is 0 Å². The topological polar surface area (TPSA) is 60.0 Å². The average Bonchev–Trinajstić information content (AvgIpc) is 2.82. The molecule has 2 saturated heterocycles. The first-order chi connectivity index (χ1) is 14.3. The minimum absolute atomic E-state index is 0.00677. The Morgan fingerprint density at radius 2 is 1.93 bits per heavy atom. The van der Waals surface area contributed by atoms with Crippen LogP contribution in [0.15, 0.2) is 47.9 Å². The lowest BCUT2D eigenvalue weighted by Crippen LogP contribution is -2.53. The van der Waals surface area contributed by atoms with Crippen molar-refractivity contribution in [2.24, 2.45) is 5.41 Å². The molecular weight excluding hydrogens is 380 g/mol. The second kappa shape index (κ2) is 8.34. The van der Waals surface area contributed by atoms with Crippen molar-refractivity contribution in [1.29, 1.82) is 0 Å². The largest absolute Gasteiger partial charge is 0.495 e. The molecule has 1 aromatic carbocycles. The van der Waals surface area contributed by atoms with E-state index in [-0.39, 0.29) is 29.6 Å². The number of benzene rings is 1. The lowest BCUT2D eigenvalue weighted by atomic mass is 9.97. The van der Waals surface area contributed by atoms with E-state index in [0.29, 0.717) is 13.2 Å². The Hall–Kier alpha value is -2.47. The van der Waals surface area contributed by atoms with Gasteiger partial charge in [0.2, 0.25) is 5.91 Å². The summed E-state index contributed by atoms with van der Waals surface area (Å²) in [6, 6.07) is 7.96. The van der Waals surface area contributed by atoms with Crippen LogP contribution in [0.5, 0.6) is 5.75 Å². The second-order valence-electron chi connectivity index (χ2n) is 9.32. The zero-order valence-corrected chi connectivity index (χ0v) is 18.3. The fraction of sp³-hybridized carbons (Fsp3) is 0.542. The quantitative estimate of drug-likeness (QED) is 0.801. The number of hydrogen-bond donors (Lipinski definition) is 1. The van der Waals surface area contributed by atoms with Crippen molar-refractivity contribution in [3.8, 4) is 5.75 Å². The van der Waals surface area contributed by atoms with Gasteiger partial charge in [0, 0.05) is 24.5 Å². The number of rotatable bonds is 5. The number of nitrogens with zero attached hydrogens (tertiary/aromatic N) is 1. The summed E-state index contributed by atoms with van der Waals surface area (Å²) >= 11 is 0. The Morgan fingerprint density at radius 1 is 1.20 bits per heavy atom. The number of hydrogen-bond acceptors (Lipinski definition) is 5. The van der Waals surface area contributed by atoms with Gasteiger partial charge in [0.1, 0.15) is 23.7 Å². The zero-order valence-electron chi connectivity index (χ0n) is 18.3. The molecule has 6 nitrogen and oxygen atoms in total. The first kappa shape index (κ1) is 20.8. The molecule has 2 fully saturated rings. The number of likely N-dealkylation sites (tertiary alicyclic amines) is 1. The van der Waals surface area contributed by atoms with Crippen molar-refractivity contribution < 1.29 is 19.0 Å². The zero-order chi connectivity index (χ0) is 21.3. The average molecular weight is 413 g/mol. The molecule has 1 N–H and O–H groups in total. The molecule has 0 radical (unpaired) electrons. The highest BCUT2D eigenvalue weighted by Gasteiger charge is 2.36. The van der Waals surface area contributed by atoms with Crippen LogP contribution in [0.3, 0.4) is 0 Å². The van der Waals surface area contributed by atoms with Gasteiger partial charge in [-0.1, -0.05) is 26.0 Å². The van der Waals surface area contributed by atoms with Crippen LogP contribution in [-0.4, -0.2) is 49.3 Å². The van der Waals surface area contributed by atoms with E-state index in [9.17, 15) is 4.79 Å². The monoisotopic (exact) mass is 412 g/mol. The Balaban J connectivity index is 1.27. The van der Waals surface area contributed by atoms with Crippen LogP contribution in [0.4, 0.5) is 0 Å². The summed E-state index contributed by atoms with van der Waals surface area (Å²) in [5.74, 6) is 1.79. The van der Waals surface area contributed by atoms with Gasteiger partial charge >= 0.3 is 0 Å². The summed E-state index contributed by atoms with van der Waals surface area (Å²) in [5.41, 5.74) is 2.40. The third-order valence-corrected chi connectivity index (χ3v) is 5.81. The standard InChI is InChI=1S/C24H32N2O4/c1-16(25-17(2)27)18-5-8-20(9-6-18)30-21-12-26(13-21)19-7-10-22-23(11-19)29-15-24(3,4)14-28-22/h5-10,16,21,23H,11-15H2,1-4H3,(H,25,27)/t16-,23?/m0/s1. The Kier molecular flexibility index (Phi) is 5.78. The predicted octanol–water partition coefficient (Wildman–Crippen LogP) is 3.56. The molecule has 30 heavy (non-hydrogen) atoms. The maximum Gasteiger partial charge on any atom is 0.217 e. The number of carbonyl (C=O) groups is 1. The van der Waals surface area contributed by atoms with E-state index in [1.165, 1.54) is 12.6 Å². The van der Waals surface area contributed by atoms with Crippen molar-refractivity contribution in [2.45, 2.75) is 52.4 Å². The number of ether oxygens (including phenoxy) is 3. The molecule has 0 spiro atoms. The van der Waals surface area contributed by atoms with E-state index in [4.69, 9.17) is 14.2 Å². The lowest BCUT2D eigenvalue weighted by Gasteiger charge is -2.43. The van der Waals surface area contributed by atoms with E-state index in [1.54, 1.807) is 0 Å². The van der Waals surface area contributed by atoms with Crippen molar-refractivity contribution in [1.82, 2.24) is 10.2 Å². The molecule has 1 amide bonds. The molecule has 2 heterocycles. The third kappa shape index (κ3) is 4.81. The Labute approximate surface area is 178 Å². The van der Waals surface area contributed by atoms with Crippen LogP contribution < -0.4 is 10.1 Å². The van der Waals surface area contributed by atoms with Gasteiger partial charge in [-0.15, -0.1) is 0 Å². The van der Waals surface area contributed by atoms with E-state index in [2.05, 4.69) is 36.2 Å². The summed E-state index contributed by atoms with van der Waals surface area (Å²) in [5, 5.41) is 2.90. The maximum atomic E-state index is 11.2. The summed E-state index contributed by atoms with van der Waals surface area (Å²) in [6.45, 7) is 11.0. The SMILES string of the molecule is CC(=O)N[C@@H](C)c1ccc(OC2CN(C3=CC=C4OCC(C)(C)COC4C3)C2)cc1. The summed E-state index contributed by atoms with van der Waals surface area (Å²) in [4.78, 5) is 13.6. The molecular formula is C24H32N2O4. The number of nitrogens with one attached hydrogen (secondary N) is 1. The first-order valence-corrected chi connectivity index (χ1v) is 10.7. The van der Waals surface area contributed by atoms with Gasteiger partial charge in [-0.3, -0.25) is 4.79 Å². The molecule has 162 valence electrons. The van der Waals surface area contributed by atoms with E-state index >= 15 is 0 Å². The van der Waals surface area contributed by atoms with Crippen LogP contribution in [0.2, 0.25) is 0 Å².